The lowest BCUT2D eigenvalue weighted by molar-refractivity contribution is 0.400. The van der Waals surface area contributed by atoms with Gasteiger partial charge in [0.25, 0.3) is 5.69 Å². The minimum atomic E-state index is 0.250. The first-order valence-corrected chi connectivity index (χ1v) is 4.28. The van der Waals surface area contributed by atoms with Crippen molar-refractivity contribution in [2.45, 2.75) is 6.92 Å². The summed E-state index contributed by atoms with van der Waals surface area (Å²) in [5.41, 5.74) is 7.02. The highest BCUT2D eigenvalue weighted by Gasteiger charge is 2.14. The number of rotatable bonds is 1. The van der Waals surface area contributed by atoms with Gasteiger partial charge in [0.05, 0.1) is 29.5 Å². The molecule has 1 heterocycles. The molecule has 0 aliphatic heterocycles. The fourth-order valence-corrected chi connectivity index (χ4v) is 1.20. The number of aryl methyl sites for hydroxylation is 1. The van der Waals surface area contributed by atoms with E-state index in [9.17, 15) is 0 Å². The van der Waals surface area contributed by atoms with Crippen molar-refractivity contribution >= 4 is 27.3 Å². The zero-order chi connectivity index (χ0) is 10.0. The summed E-state index contributed by atoms with van der Waals surface area (Å²) in [4.78, 5) is 7.31. The van der Waals surface area contributed by atoms with Crippen LogP contribution in [-0.2, 0) is 0 Å². The van der Waals surface area contributed by atoms with E-state index in [1.807, 2.05) is 0 Å². The van der Waals surface area contributed by atoms with E-state index in [0.717, 1.165) is 0 Å². The molecule has 0 bridgehead atoms. The van der Waals surface area contributed by atoms with Crippen LogP contribution in [0.4, 0.5) is 11.4 Å². The molecule has 2 N–H and O–H groups in total. The molecule has 0 aliphatic rings. The minimum Gasteiger partial charge on any atom is -0.490 e. The Morgan fingerprint density at radius 3 is 2.69 bits per heavy atom. The van der Waals surface area contributed by atoms with Crippen molar-refractivity contribution in [3.05, 3.63) is 21.6 Å². The summed E-state index contributed by atoms with van der Waals surface area (Å²) in [6.45, 7) is 8.69. The summed E-state index contributed by atoms with van der Waals surface area (Å²) >= 11 is 3.25. The molecule has 0 saturated heterocycles. The van der Waals surface area contributed by atoms with Gasteiger partial charge in [-0.05, 0) is 22.9 Å². The first-order valence-electron chi connectivity index (χ1n) is 3.48. The number of hydrogen-bond acceptors (Lipinski definition) is 3. The van der Waals surface area contributed by atoms with E-state index in [1.165, 1.54) is 7.11 Å². The Kier molecular flexibility index (Phi) is 2.73. The van der Waals surface area contributed by atoms with Crippen LogP contribution in [0.25, 0.3) is 4.85 Å². The third-order valence-electron chi connectivity index (χ3n) is 1.59. The van der Waals surface area contributed by atoms with E-state index < -0.39 is 0 Å². The van der Waals surface area contributed by atoms with E-state index in [0.29, 0.717) is 15.9 Å². The van der Waals surface area contributed by atoms with Crippen LogP contribution < -0.4 is 10.5 Å². The Hall–Kier alpha value is -1.28. The van der Waals surface area contributed by atoms with Gasteiger partial charge in [0.15, 0.2) is 0 Å². The van der Waals surface area contributed by atoms with Crippen molar-refractivity contribution in [3.63, 3.8) is 0 Å². The fraction of sp³-hybridized carbons (Fsp3) is 0.250. The van der Waals surface area contributed by atoms with Gasteiger partial charge in [0.1, 0.15) is 0 Å². The molecule has 0 unspecified atom stereocenters. The summed E-state index contributed by atoms with van der Waals surface area (Å²) in [5, 5.41) is 0. The fourth-order valence-electron chi connectivity index (χ4n) is 0.919. The number of ether oxygens (including phenoxy) is 1. The number of halogens is 1. The lowest BCUT2D eigenvalue weighted by atomic mass is 10.3. The van der Waals surface area contributed by atoms with Crippen LogP contribution >= 0.6 is 15.9 Å². The second kappa shape index (κ2) is 3.62. The molecule has 0 radical (unpaired) electrons. The van der Waals surface area contributed by atoms with Crippen molar-refractivity contribution in [3.8, 4) is 5.88 Å². The smallest absolute Gasteiger partial charge is 0.270 e. The quantitative estimate of drug-likeness (QED) is 0.768. The maximum atomic E-state index is 6.90. The third kappa shape index (κ3) is 1.58. The standard InChI is InChI=1S/C8H8BrN3O/c1-4-5(9)6(10)7(11-2)8(12-4)13-3/h1,3H3,(H2,10,12). The van der Waals surface area contributed by atoms with E-state index in [1.54, 1.807) is 6.92 Å². The van der Waals surface area contributed by atoms with Crippen LogP contribution in [-0.4, -0.2) is 12.1 Å². The lowest BCUT2D eigenvalue weighted by Gasteiger charge is -2.08. The van der Waals surface area contributed by atoms with Gasteiger partial charge in [-0.15, -0.1) is 0 Å². The molecule has 0 atom stereocenters. The normalized spacial score (nSPS) is 9.38. The van der Waals surface area contributed by atoms with Crippen LogP contribution in [0.5, 0.6) is 5.88 Å². The Morgan fingerprint density at radius 2 is 2.23 bits per heavy atom. The Morgan fingerprint density at radius 1 is 1.62 bits per heavy atom. The predicted molar refractivity (Wildman–Crippen MR) is 53.9 cm³/mol. The van der Waals surface area contributed by atoms with Crippen LogP contribution in [0.3, 0.4) is 0 Å². The predicted octanol–water partition coefficient (Wildman–Crippen LogP) is 2.29. The molecule has 1 aromatic rings. The van der Waals surface area contributed by atoms with Crippen LogP contribution in [0.15, 0.2) is 4.47 Å². The number of nitrogens with zero attached hydrogens (tertiary/aromatic N) is 2. The van der Waals surface area contributed by atoms with Gasteiger partial charge in [-0.1, -0.05) is 0 Å². The Balaban J connectivity index is 3.50. The van der Waals surface area contributed by atoms with Crippen molar-refractivity contribution < 1.29 is 4.74 Å². The van der Waals surface area contributed by atoms with Crippen LogP contribution in [0.1, 0.15) is 5.69 Å². The lowest BCUT2D eigenvalue weighted by Crippen LogP contribution is -1.97. The molecule has 0 fully saturated rings. The summed E-state index contributed by atoms with van der Waals surface area (Å²) < 4.78 is 5.58. The van der Waals surface area contributed by atoms with E-state index >= 15 is 0 Å². The Labute approximate surface area is 84.7 Å². The third-order valence-corrected chi connectivity index (χ3v) is 2.59. The van der Waals surface area contributed by atoms with Gasteiger partial charge in [-0.3, -0.25) is 0 Å². The molecule has 68 valence electrons. The largest absolute Gasteiger partial charge is 0.490 e. The molecule has 1 aromatic heterocycles. The van der Waals surface area contributed by atoms with Crippen molar-refractivity contribution in [1.82, 2.24) is 4.98 Å². The van der Waals surface area contributed by atoms with Crippen LogP contribution in [0.2, 0.25) is 0 Å². The highest BCUT2D eigenvalue weighted by Crippen LogP contribution is 2.38. The number of hydrogen-bond donors (Lipinski definition) is 1. The molecule has 13 heavy (non-hydrogen) atoms. The molecular weight excluding hydrogens is 234 g/mol. The van der Waals surface area contributed by atoms with Crippen LogP contribution in [0, 0.1) is 13.5 Å². The summed E-state index contributed by atoms with van der Waals surface area (Å²) in [6, 6.07) is 0. The number of nitrogens with two attached hydrogens (primary N) is 1. The minimum absolute atomic E-state index is 0.250. The van der Waals surface area contributed by atoms with Gasteiger partial charge in [0, 0.05) is 0 Å². The summed E-state index contributed by atoms with van der Waals surface area (Å²) in [5.74, 6) is 0.271. The SMILES string of the molecule is [C-]#[N+]c1c(OC)nc(C)c(Br)c1N. The van der Waals surface area contributed by atoms with E-state index in [-0.39, 0.29) is 11.6 Å². The molecule has 4 nitrogen and oxygen atoms in total. The van der Waals surface area contributed by atoms with Gasteiger partial charge in [0.2, 0.25) is 5.88 Å². The van der Waals surface area contributed by atoms with Gasteiger partial charge >= 0.3 is 0 Å². The molecule has 0 spiro atoms. The Bertz CT molecular complexity index is 384. The summed E-state index contributed by atoms with van der Waals surface area (Å²) in [7, 11) is 1.46. The molecule has 0 amide bonds. The van der Waals surface area contributed by atoms with Gasteiger partial charge in [-0.25, -0.2) is 9.83 Å². The van der Waals surface area contributed by atoms with Gasteiger partial charge < -0.3 is 10.5 Å². The highest BCUT2D eigenvalue weighted by atomic mass is 79.9. The zero-order valence-corrected chi connectivity index (χ0v) is 8.84. The first kappa shape index (κ1) is 9.81. The molecule has 0 aliphatic carbocycles. The second-order valence-electron chi connectivity index (χ2n) is 2.39. The summed E-state index contributed by atoms with van der Waals surface area (Å²) in [6.07, 6.45) is 0. The molecule has 5 heteroatoms. The van der Waals surface area contributed by atoms with E-state index in [2.05, 4.69) is 25.8 Å². The molecule has 0 saturated carbocycles. The molecule has 0 aromatic carbocycles. The maximum Gasteiger partial charge on any atom is 0.270 e. The molecular formula is C8H8BrN3O. The monoisotopic (exact) mass is 241 g/mol. The molecule has 1 rings (SSSR count). The van der Waals surface area contributed by atoms with Crippen molar-refractivity contribution in [2.24, 2.45) is 0 Å². The average Bonchev–Trinajstić information content (AvgIpc) is 2.13. The van der Waals surface area contributed by atoms with Gasteiger partial charge in [-0.2, -0.15) is 0 Å². The highest BCUT2D eigenvalue weighted by molar-refractivity contribution is 9.10. The van der Waals surface area contributed by atoms with E-state index in [4.69, 9.17) is 17.0 Å². The number of aromatic nitrogens is 1. The maximum absolute atomic E-state index is 6.90. The first-order chi connectivity index (χ1) is 6.11. The number of nitrogen functional groups attached to an aromatic ring is 1. The number of methoxy groups -OCH3 is 1. The number of pyridine rings is 1. The average molecular weight is 242 g/mol. The zero-order valence-electron chi connectivity index (χ0n) is 7.26. The topological polar surface area (TPSA) is 52.5 Å². The second-order valence-corrected chi connectivity index (χ2v) is 3.19. The van der Waals surface area contributed by atoms with Crippen molar-refractivity contribution in [2.75, 3.05) is 12.8 Å². The van der Waals surface area contributed by atoms with Crippen molar-refractivity contribution in [1.29, 1.82) is 0 Å². The number of anilines is 1.